The summed E-state index contributed by atoms with van der Waals surface area (Å²) in [6.45, 7) is 3.85. The minimum absolute atomic E-state index is 0.145. The first-order valence-corrected chi connectivity index (χ1v) is 7.67. The Labute approximate surface area is 136 Å². The second-order valence-corrected chi connectivity index (χ2v) is 5.46. The van der Waals surface area contributed by atoms with Crippen LogP contribution in [-0.4, -0.2) is 31.2 Å². The SMILES string of the molecule is CCCC(C)C(=O)NC(CC(=O)O)c1ccc(OC)c(OC)c1. The molecule has 2 unspecified atom stereocenters. The van der Waals surface area contributed by atoms with Crippen LogP contribution >= 0.6 is 0 Å². The summed E-state index contributed by atoms with van der Waals surface area (Å²) in [5.74, 6) is -0.232. The van der Waals surface area contributed by atoms with Crippen molar-refractivity contribution in [3.05, 3.63) is 23.8 Å². The van der Waals surface area contributed by atoms with Crippen LogP contribution in [0.4, 0.5) is 0 Å². The first-order chi connectivity index (χ1) is 10.9. The van der Waals surface area contributed by atoms with E-state index in [1.165, 1.54) is 14.2 Å². The number of nitrogens with one attached hydrogen (secondary N) is 1. The highest BCUT2D eigenvalue weighted by Crippen LogP contribution is 2.31. The molecular formula is C17H25NO5. The van der Waals surface area contributed by atoms with Gasteiger partial charge in [-0.15, -0.1) is 0 Å². The number of hydrogen-bond donors (Lipinski definition) is 2. The zero-order chi connectivity index (χ0) is 17.4. The molecule has 0 aromatic heterocycles. The van der Waals surface area contributed by atoms with Gasteiger partial charge in [-0.2, -0.15) is 0 Å². The Hall–Kier alpha value is -2.24. The van der Waals surface area contributed by atoms with E-state index in [0.29, 0.717) is 17.1 Å². The van der Waals surface area contributed by atoms with Gasteiger partial charge in [-0.05, 0) is 24.1 Å². The molecule has 0 aliphatic rings. The predicted molar refractivity (Wildman–Crippen MR) is 86.8 cm³/mol. The lowest BCUT2D eigenvalue weighted by molar-refractivity contribution is -0.138. The normalized spacial score (nSPS) is 13.0. The lowest BCUT2D eigenvalue weighted by Crippen LogP contribution is -2.34. The Morgan fingerprint density at radius 2 is 1.87 bits per heavy atom. The van der Waals surface area contributed by atoms with Gasteiger partial charge in [-0.1, -0.05) is 26.3 Å². The van der Waals surface area contributed by atoms with Crippen molar-refractivity contribution in [2.75, 3.05) is 14.2 Å². The maximum Gasteiger partial charge on any atom is 0.305 e. The van der Waals surface area contributed by atoms with Crippen molar-refractivity contribution in [3.63, 3.8) is 0 Å². The number of hydrogen-bond acceptors (Lipinski definition) is 4. The number of ether oxygens (including phenoxy) is 2. The first kappa shape index (κ1) is 18.8. The average Bonchev–Trinajstić information content (AvgIpc) is 2.53. The molecule has 2 atom stereocenters. The van der Waals surface area contributed by atoms with Crippen LogP contribution in [0.2, 0.25) is 0 Å². The van der Waals surface area contributed by atoms with E-state index in [2.05, 4.69) is 5.32 Å². The van der Waals surface area contributed by atoms with E-state index >= 15 is 0 Å². The summed E-state index contributed by atoms with van der Waals surface area (Å²) in [6.07, 6.45) is 1.46. The topological polar surface area (TPSA) is 84.9 Å². The van der Waals surface area contributed by atoms with E-state index in [9.17, 15) is 9.59 Å². The van der Waals surface area contributed by atoms with Crippen molar-refractivity contribution < 1.29 is 24.2 Å². The quantitative estimate of drug-likeness (QED) is 0.730. The van der Waals surface area contributed by atoms with E-state index in [1.807, 2.05) is 13.8 Å². The Bertz CT molecular complexity index is 544. The molecule has 0 heterocycles. The molecule has 0 saturated carbocycles. The van der Waals surface area contributed by atoms with Crippen molar-refractivity contribution in [2.45, 2.75) is 39.2 Å². The highest BCUT2D eigenvalue weighted by molar-refractivity contribution is 5.79. The molecule has 0 saturated heterocycles. The fraction of sp³-hybridized carbons (Fsp3) is 0.529. The molecule has 0 spiro atoms. The lowest BCUT2D eigenvalue weighted by atomic mass is 10.00. The molecule has 1 amide bonds. The van der Waals surface area contributed by atoms with Gasteiger partial charge in [-0.25, -0.2) is 0 Å². The van der Waals surface area contributed by atoms with E-state index in [1.54, 1.807) is 18.2 Å². The highest BCUT2D eigenvalue weighted by atomic mass is 16.5. The van der Waals surface area contributed by atoms with Crippen LogP contribution in [0, 0.1) is 5.92 Å². The van der Waals surface area contributed by atoms with Gasteiger partial charge in [-0.3, -0.25) is 9.59 Å². The van der Waals surface area contributed by atoms with Crippen molar-refractivity contribution in [1.82, 2.24) is 5.32 Å². The Kier molecular flexibility index (Phi) is 7.38. The third kappa shape index (κ3) is 5.47. The monoisotopic (exact) mass is 323 g/mol. The molecule has 1 rings (SSSR count). The molecule has 2 N–H and O–H groups in total. The second-order valence-electron chi connectivity index (χ2n) is 5.46. The fourth-order valence-electron chi connectivity index (χ4n) is 2.37. The van der Waals surface area contributed by atoms with Crippen molar-refractivity contribution in [3.8, 4) is 11.5 Å². The van der Waals surface area contributed by atoms with Crippen LogP contribution in [0.15, 0.2) is 18.2 Å². The number of carboxylic acids is 1. The molecule has 128 valence electrons. The largest absolute Gasteiger partial charge is 0.493 e. The zero-order valence-corrected chi connectivity index (χ0v) is 14.1. The van der Waals surface area contributed by atoms with Crippen LogP contribution in [0.1, 0.15) is 44.7 Å². The summed E-state index contributed by atoms with van der Waals surface area (Å²) < 4.78 is 10.4. The fourth-order valence-corrected chi connectivity index (χ4v) is 2.37. The van der Waals surface area contributed by atoms with Crippen LogP contribution in [0.3, 0.4) is 0 Å². The minimum atomic E-state index is -0.978. The van der Waals surface area contributed by atoms with Crippen molar-refractivity contribution >= 4 is 11.9 Å². The number of carbonyl (C=O) groups is 2. The average molecular weight is 323 g/mol. The van der Waals surface area contributed by atoms with Crippen LogP contribution in [0.25, 0.3) is 0 Å². The summed E-state index contributed by atoms with van der Waals surface area (Å²) in [7, 11) is 3.04. The molecule has 6 heteroatoms. The van der Waals surface area contributed by atoms with Crippen molar-refractivity contribution in [1.29, 1.82) is 0 Å². The van der Waals surface area contributed by atoms with E-state index in [4.69, 9.17) is 14.6 Å². The van der Waals surface area contributed by atoms with Gasteiger partial charge in [0, 0.05) is 5.92 Å². The van der Waals surface area contributed by atoms with E-state index in [0.717, 1.165) is 12.8 Å². The van der Waals surface area contributed by atoms with Crippen molar-refractivity contribution in [2.24, 2.45) is 5.92 Å². The molecule has 0 aliphatic heterocycles. The van der Waals surface area contributed by atoms with E-state index < -0.39 is 12.0 Å². The van der Waals surface area contributed by atoms with Gasteiger partial charge in [0.25, 0.3) is 0 Å². The zero-order valence-electron chi connectivity index (χ0n) is 14.1. The van der Waals surface area contributed by atoms with Gasteiger partial charge in [0.15, 0.2) is 11.5 Å². The molecule has 0 fully saturated rings. The van der Waals surface area contributed by atoms with Gasteiger partial charge in [0.1, 0.15) is 0 Å². The molecule has 0 aliphatic carbocycles. The highest BCUT2D eigenvalue weighted by Gasteiger charge is 2.22. The summed E-state index contributed by atoms with van der Waals surface area (Å²) in [5.41, 5.74) is 0.669. The summed E-state index contributed by atoms with van der Waals surface area (Å²) in [5, 5.41) is 11.9. The maximum atomic E-state index is 12.2. The summed E-state index contributed by atoms with van der Waals surface area (Å²) in [6, 6.07) is 4.51. The Morgan fingerprint density at radius 1 is 1.22 bits per heavy atom. The van der Waals surface area contributed by atoms with Crippen LogP contribution in [0.5, 0.6) is 11.5 Å². The molecule has 23 heavy (non-hydrogen) atoms. The van der Waals surface area contributed by atoms with Gasteiger partial charge < -0.3 is 19.9 Å². The predicted octanol–water partition coefficient (Wildman–Crippen LogP) is 2.77. The number of amides is 1. The first-order valence-electron chi connectivity index (χ1n) is 7.67. The van der Waals surface area contributed by atoms with Gasteiger partial charge >= 0.3 is 5.97 Å². The minimum Gasteiger partial charge on any atom is -0.493 e. The number of benzene rings is 1. The molecule has 6 nitrogen and oxygen atoms in total. The molecule has 1 aromatic rings. The Balaban J connectivity index is 3.02. The number of rotatable bonds is 9. The Morgan fingerprint density at radius 3 is 2.39 bits per heavy atom. The second kappa shape index (κ2) is 9.02. The smallest absolute Gasteiger partial charge is 0.305 e. The van der Waals surface area contributed by atoms with E-state index in [-0.39, 0.29) is 18.2 Å². The molecule has 0 bridgehead atoms. The van der Waals surface area contributed by atoms with Gasteiger partial charge in [0.2, 0.25) is 5.91 Å². The number of aliphatic carboxylic acids is 1. The lowest BCUT2D eigenvalue weighted by Gasteiger charge is -2.21. The number of methoxy groups -OCH3 is 2. The molecular weight excluding hydrogens is 298 g/mol. The third-order valence-electron chi connectivity index (χ3n) is 3.67. The number of carboxylic acid groups (broad SMARTS) is 1. The van der Waals surface area contributed by atoms with Crippen LogP contribution in [-0.2, 0) is 9.59 Å². The van der Waals surface area contributed by atoms with Crippen LogP contribution < -0.4 is 14.8 Å². The number of carbonyl (C=O) groups excluding carboxylic acids is 1. The summed E-state index contributed by atoms with van der Waals surface area (Å²) >= 11 is 0. The summed E-state index contributed by atoms with van der Waals surface area (Å²) in [4.78, 5) is 23.3. The van der Waals surface area contributed by atoms with Gasteiger partial charge in [0.05, 0.1) is 26.7 Å². The standard InChI is InChI=1S/C17H25NO5/c1-5-6-11(2)17(21)18-13(10-16(19)20)12-7-8-14(22-3)15(9-12)23-4/h7-9,11,13H,5-6,10H2,1-4H3,(H,18,21)(H,19,20). The molecule has 0 radical (unpaired) electrons. The maximum absolute atomic E-state index is 12.2. The molecule has 1 aromatic carbocycles. The third-order valence-corrected chi connectivity index (χ3v) is 3.67.